The van der Waals surface area contributed by atoms with E-state index in [0.29, 0.717) is 33.2 Å². The van der Waals surface area contributed by atoms with Crippen LogP contribution >= 0.6 is 11.8 Å². The minimum Gasteiger partial charge on any atom is -0.455 e. The van der Waals surface area contributed by atoms with Crippen LogP contribution in [0.1, 0.15) is 0 Å². The van der Waals surface area contributed by atoms with Crippen LogP contribution in [0.15, 0.2) is 88.8 Å². The van der Waals surface area contributed by atoms with Gasteiger partial charge in [-0.15, -0.1) is 0 Å². The van der Waals surface area contributed by atoms with E-state index in [0.717, 1.165) is 0 Å². The Balaban J connectivity index is 1.47. The van der Waals surface area contributed by atoms with Crippen molar-refractivity contribution in [2.45, 2.75) is 5.16 Å². The summed E-state index contributed by atoms with van der Waals surface area (Å²) in [6.45, 7) is 0. The van der Waals surface area contributed by atoms with E-state index in [4.69, 9.17) is 4.74 Å². The first kappa shape index (κ1) is 19.7. The molecule has 4 rings (SSSR count). The third-order valence-electron chi connectivity index (χ3n) is 4.41. The molecule has 4 aromatic rings. The second-order valence-corrected chi connectivity index (χ2v) is 7.47. The van der Waals surface area contributed by atoms with E-state index in [-0.39, 0.29) is 17.2 Å². The molecule has 0 aliphatic heterocycles. The Morgan fingerprint density at radius 2 is 1.70 bits per heavy atom. The molecule has 30 heavy (non-hydrogen) atoms. The zero-order valence-corrected chi connectivity index (χ0v) is 17.1. The van der Waals surface area contributed by atoms with E-state index in [1.54, 1.807) is 37.4 Å². The molecular weight excluding hydrogens is 398 g/mol. The van der Waals surface area contributed by atoms with Crippen LogP contribution in [0.2, 0.25) is 0 Å². The van der Waals surface area contributed by atoms with Crippen molar-refractivity contribution in [1.29, 1.82) is 0 Å². The minimum atomic E-state index is -0.216. The van der Waals surface area contributed by atoms with E-state index in [1.165, 1.54) is 16.3 Å². The van der Waals surface area contributed by atoms with Crippen molar-refractivity contribution in [2.24, 2.45) is 7.05 Å². The number of anilines is 1. The van der Waals surface area contributed by atoms with Gasteiger partial charge in [-0.2, -0.15) is 0 Å². The fraction of sp³-hybridized carbons (Fsp3) is 0.0870. The van der Waals surface area contributed by atoms with Crippen molar-refractivity contribution in [3.8, 4) is 11.5 Å². The first-order valence-corrected chi connectivity index (χ1v) is 10.3. The van der Waals surface area contributed by atoms with Crippen LogP contribution in [0, 0.1) is 0 Å². The predicted octanol–water partition coefficient (Wildman–Crippen LogP) is 4.46. The smallest absolute Gasteiger partial charge is 0.261 e. The maximum Gasteiger partial charge on any atom is 0.261 e. The van der Waals surface area contributed by atoms with Crippen LogP contribution in [0.25, 0.3) is 10.9 Å². The number of para-hydroxylation sites is 4. The molecule has 0 aliphatic rings. The van der Waals surface area contributed by atoms with Crippen molar-refractivity contribution >= 4 is 34.3 Å². The molecule has 0 saturated heterocycles. The summed E-state index contributed by atoms with van der Waals surface area (Å²) < 4.78 is 7.34. The molecule has 6 nitrogen and oxygen atoms in total. The lowest BCUT2D eigenvalue weighted by Crippen LogP contribution is -2.21. The van der Waals surface area contributed by atoms with Gasteiger partial charge in [0.05, 0.1) is 22.3 Å². The van der Waals surface area contributed by atoms with Crippen molar-refractivity contribution in [2.75, 3.05) is 11.1 Å². The number of benzene rings is 3. The second kappa shape index (κ2) is 8.84. The number of thioether (sulfide) groups is 1. The third kappa shape index (κ3) is 4.36. The Morgan fingerprint density at radius 3 is 2.53 bits per heavy atom. The molecule has 0 spiro atoms. The molecule has 0 fully saturated rings. The molecule has 0 unspecified atom stereocenters. The SMILES string of the molecule is Cn1c(SCC(=O)Nc2ccccc2Oc2ccccc2)nc2ccccc2c1=O. The lowest BCUT2D eigenvalue weighted by atomic mass is 10.2. The average molecular weight is 417 g/mol. The number of rotatable bonds is 6. The molecule has 1 amide bonds. The molecule has 1 aromatic heterocycles. The lowest BCUT2D eigenvalue weighted by molar-refractivity contribution is -0.113. The number of nitrogens with one attached hydrogen (secondary N) is 1. The number of amides is 1. The van der Waals surface area contributed by atoms with Gasteiger partial charge in [0.25, 0.3) is 5.56 Å². The largest absolute Gasteiger partial charge is 0.455 e. The lowest BCUT2D eigenvalue weighted by Gasteiger charge is -2.12. The van der Waals surface area contributed by atoms with Crippen LogP contribution < -0.4 is 15.6 Å². The molecule has 7 heteroatoms. The number of carbonyl (C=O) groups excluding carboxylic acids is 1. The predicted molar refractivity (Wildman–Crippen MR) is 119 cm³/mol. The van der Waals surface area contributed by atoms with Gasteiger partial charge in [-0.3, -0.25) is 14.2 Å². The fourth-order valence-corrected chi connectivity index (χ4v) is 3.69. The zero-order chi connectivity index (χ0) is 20.9. The van der Waals surface area contributed by atoms with Crippen LogP contribution in [0.3, 0.4) is 0 Å². The summed E-state index contributed by atoms with van der Waals surface area (Å²) in [7, 11) is 1.66. The number of ether oxygens (including phenoxy) is 1. The number of nitrogens with zero attached hydrogens (tertiary/aromatic N) is 2. The van der Waals surface area contributed by atoms with Gasteiger partial charge in [0.2, 0.25) is 5.91 Å². The highest BCUT2D eigenvalue weighted by Gasteiger charge is 2.12. The molecule has 0 aliphatic carbocycles. The summed E-state index contributed by atoms with van der Waals surface area (Å²) in [5.74, 6) is 1.13. The Bertz CT molecular complexity index is 1260. The number of aromatic nitrogens is 2. The van der Waals surface area contributed by atoms with Gasteiger partial charge in [-0.25, -0.2) is 4.98 Å². The molecule has 1 heterocycles. The third-order valence-corrected chi connectivity index (χ3v) is 5.44. The molecule has 150 valence electrons. The first-order valence-electron chi connectivity index (χ1n) is 9.32. The fourth-order valence-electron chi connectivity index (χ4n) is 2.92. The van der Waals surface area contributed by atoms with Gasteiger partial charge in [0, 0.05) is 7.05 Å². The van der Waals surface area contributed by atoms with Gasteiger partial charge < -0.3 is 10.1 Å². The van der Waals surface area contributed by atoms with Gasteiger partial charge >= 0.3 is 0 Å². The summed E-state index contributed by atoms with van der Waals surface area (Å²) in [5, 5.41) is 3.92. The molecule has 3 aromatic carbocycles. The first-order chi connectivity index (χ1) is 14.6. The van der Waals surface area contributed by atoms with Crippen molar-refractivity contribution in [3.63, 3.8) is 0 Å². The maximum absolute atomic E-state index is 12.5. The summed E-state index contributed by atoms with van der Waals surface area (Å²) >= 11 is 1.21. The topological polar surface area (TPSA) is 73.2 Å². The molecule has 0 saturated carbocycles. The van der Waals surface area contributed by atoms with Crippen LogP contribution in [-0.2, 0) is 11.8 Å². The van der Waals surface area contributed by atoms with Crippen LogP contribution in [0.5, 0.6) is 11.5 Å². The highest BCUT2D eigenvalue weighted by atomic mass is 32.2. The maximum atomic E-state index is 12.5. The highest BCUT2D eigenvalue weighted by Crippen LogP contribution is 2.29. The quantitative estimate of drug-likeness (QED) is 0.370. The molecule has 0 bridgehead atoms. The Labute approximate surface area is 177 Å². The standard InChI is InChI=1S/C23H19N3O3S/c1-26-22(28)17-11-5-6-12-18(17)25-23(26)30-15-21(27)24-19-13-7-8-14-20(19)29-16-9-3-2-4-10-16/h2-14H,15H2,1H3,(H,24,27). The normalized spacial score (nSPS) is 10.7. The summed E-state index contributed by atoms with van der Waals surface area (Å²) in [5.41, 5.74) is 1.06. The van der Waals surface area contributed by atoms with E-state index in [9.17, 15) is 9.59 Å². The summed E-state index contributed by atoms with van der Waals surface area (Å²) in [4.78, 5) is 29.6. The molecule has 0 atom stereocenters. The Hall–Kier alpha value is -3.58. The zero-order valence-electron chi connectivity index (χ0n) is 16.2. The van der Waals surface area contributed by atoms with Gasteiger partial charge in [0.15, 0.2) is 10.9 Å². The van der Waals surface area contributed by atoms with E-state index < -0.39 is 0 Å². The van der Waals surface area contributed by atoms with E-state index >= 15 is 0 Å². The number of hydrogen-bond donors (Lipinski definition) is 1. The summed E-state index contributed by atoms with van der Waals surface area (Å²) in [6, 6.07) is 23.8. The van der Waals surface area contributed by atoms with E-state index in [1.807, 2.05) is 48.5 Å². The van der Waals surface area contributed by atoms with Gasteiger partial charge in [-0.1, -0.05) is 54.2 Å². The number of hydrogen-bond acceptors (Lipinski definition) is 5. The van der Waals surface area contributed by atoms with Crippen LogP contribution in [-0.4, -0.2) is 21.2 Å². The van der Waals surface area contributed by atoms with Crippen molar-refractivity contribution in [1.82, 2.24) is 9.55 Å². The Kier molecular flexibility index (Phi) is 5.81. The monoisotopic (exact) mass is 417 g/mol. The molecular formula is C23H19N3O3S. The molecule has 1 N–H and O–H groups in total. The number of fused-ring (bicyclic) bond motifs is 1. The van der Waals surface area contributed by atoms with E-state index in [2.05, 4.69) is 10.3 Å². The number of carbonyl (C=O) groups is 1. The molecule has 0 radical (unpaired) electrons. The van der Waals surface area contributed by atoms with Crippen LogP contribution in [0.4, 0.5) is 5.69 Å². The minimum absolute atomic E-state index is 0.109. The Morgan fingerprint density at radius 1 is 1.00 bits per heavy atom. The second-order valence-electron chi connectivity index (χ2n) is 6.52. The van der Waals surface area contributed by atoms with Crippen molar-refractivity contribution < 1.29 is 9.53 Å². The average Bonchev–Trinajstić information content (AvgIpc) is 2.77. The summed E-state index contributed by atoms with van der Waals surface area (Å²) in [6.07, 6.45) is 0. The van der Waals surface area contributed by atoms with Gasteiger partial charge in [-0.05, 0) is 36.4 Å². The van der Waals surface area contributed by atoms with Crippen molar-refractivity contribution in [3.05, 3.63) is 89.2 Å². The highest BCUT2D eigenvalue weighted by molar-refractivity contribution is 7.99. The van der Waals surface area contributed by atoms with Gasteiger partial charge in [0.1, 0.15) is 5.75 Å².